The van der Waals surface area contributed by atoms with Gasteiger partial charge in [-0.25, -0.2) is 9.97 Å². The van der Waals surface area contributed by atoms with Crippen LogP contribution in [0.4, 0.5) is 5.82 Å². The molecule has 4 rings (SSSR count). The quantitative estimate of drug-likeness (QED) is 0.751. The molecular formula is C15H14N4OS. The minimum atomic E-state index is 0.0952. The summed E-state index contributed by atoms with van der Waals surface area (Å²) in [6.07, 6.45) is 7.91. The minimum absolute atomic E-state index is 0.0952. The molecule has 0 radical (unpaired) electrons. The van der Waals surface area contributed by atoms with Gasteiger partial charge in [-0.3, -0.25) is 9.20 Å². The van der Waals surface area contributed by atoms with Crippen LogP contribution in [0.3, 0.4) is 0 Å². The van der Waals surface area contributed by atoms with E-state index in [0.717, 1.165) is 27.6 Å². The van der Waals surface area contributed by atoms with E-state index in [1.54, 1.807) is 13.1 Å². The zero-order valence-corrected chi connectivity index (χ0v) is 12.4. The number of carbonyl (C=O) groups excluding carboxylic acids is 1. The van der Waals surface area contributed by atoms with E-state index in [1.165, 1.54) is 24.2 Å². The fourth-order valence-corrected chi connectivity index (χ4v) is 3.11. The average Bonchev–Trinajstić information content (AvgIpc) is 3.00. The zero-order chi connectivity index (χ0) is 14.4. The number of imidazole rings is 1. The van der Waals surface area contributed by atoms with E-state index in [2.05, 4.69) is 15.3 Å². The average molecular weight is 298 g/mol. The monoisotopic (exact) mass is 298 g/mol. The summed E-state index contributed by atoms with van der Waals surface area (Å²) in [5.74, 6) is 0.922. The summed E-state index contributed by atoms with van der Waals surface area (Å²) in [6.45, 7) is 1.59. The lowest BCUT2D eigenvalue weighted by atomic mass is 10.2. The first-order chi connectivity index (χ1) is 10.2. The molecule has 1 aliphatic carbocycles. The van der Waals surface area contributed by atoms with E-state index >= 15 is 0 Å². The molecule has 0 atom stereocenters. The van der Waals surface area contributed by atoms with E-state index in [4.69, 9.17) is 0 Å². The van der Waals surface area contributed by atoms with Gasteiger partial charge in [0.15, 0.2) is 17.2 Å². The van der Waals surface area contributed by atoms with Crippen LogP contribution in [0, 0.1) is 0 Å². The third-order valence-corrected chi connectivity index (χ3v) is 4.62. The largest absolute Gasteiger partial charge is 0.364 e. The van der Waals surface area contributed by atoms with Crippen molar-refractivity contribution in [3.05, 3.63) is 34.9 Å². The van der Waals surface area contributed by atoms with E-state index < -0.39 is 0 Å². The fraction of sp³-hybridized carbons (Fsp3) is 0.267. The van der Waals surface area contributed by atoms with Crippen molar-refractivity contribution in [1.29, 1.82) is 0 Å². The van der Waals surface area contributed by atoms with Crippen molar-refractivity contribution < 1.29 is 4.79 Å². The Morgan fingerprint density at radius 2 is 2.29 bits per heavy atom. The number of Topliss-reactive ketones (excluding diaryl/α,β-unsaturated/α-hetero) is 1. The number of anilines is 1. The van der Waals surface area contributed by atoms with Crippen molar-refractivity contribution in [2.45, 2.75) is 25.8 Å². The predicted molar refractivity (Wildman–Crippen MR) is 82.9 cm³/mol. The van der Waals surface area contributed by atoms with Crippen molar-refractivity contribution in [2.24, 2.45) is 0 Å². The summed E-state index contributed by atoms with van der Waals surface area (Å²) in [7, 11) is 0. The van der Waals surface area contributed by atoms with Crippen molar-refractivity contribution in [3.63, 3.8) is 0 Å². The van der Waals surface area contributed by atoms with Gasteiger partial charge in [0.05, 0.1) is 16.8 Å². The molecule has 0 amide bonds. The van der Waals surface area contributed by atoms with E-state index in [0.29, 0.717) is 6.04 Å². The van der Waals surface area contributed by atoms with Crippen LogP contribution in [0.1, 0.15) is 29.4 Å². The topological polar surface area (TPSA) is 59.3 Å². The molecule has 0 aromatic carbocycles. The molecule has 0 unspecified atom stereocenters. The number of hydrogen-bond donors (Lipinski definition) is 1. The number of fused-ring (bicyclic) bond motifs is 1. The first-order valence-electron chi connectivity index (χ1n) is 6.91. The molecule has 0 bridgehead atoms. The fourth-order valence-electron chi connectivity index (χ4n) is 2.31. The molecule has 0 spiro atoms. The molecule has 1 aliphatic rings. The predicted octanol–water partition coefficient (Wildman–Crippen LogP) is 3.23. The molecule has 3 heterocycles. The van der Waals surface area contributed by atoms with Crippen LogP contribution in [0.2, 0.25) is 0 Å². The lowest BCUT2D eigenvalue weighted by molar-refractivity contribution is 0.102. The summed E-state index contributed by atoms with van der Waals surface area (Å²) in [5.41, 5.74) is 2.83. The molecule has 1 saturated carbocycles. The number of thiophene rings is 1. The summed E-state index contributed by atoms with van der Waals surface area (Å²) in [5, 5.41) is 5.40. The summed E-state index contributed by atoms with van der Waals surface area (Å²) < 4.78 is 2.02. The first kappa shape index (κ1) is 12.5. The summed E-state index contributed by atoms with van der Waals surface area (Å²) >= 11 is 1.47. The van der Waals surface area contributed by atoms with Crippen molar-refractivity contribution >= 4 is 28.6 Å². The number of aromatic nitrogens is 3. The van der Waals surface area contributed by atoms with Gasteiger partial charge >= 0.3 is 0 Å². The van der Waals surface area contributed by atoms with Crippen molar-refractivity contribution in [1.82, 2.24) is 14.4 Å². The highest BCUT2D eigenvalue weighted by molar-refractivity contribution is 7.12. The maximum absolute atomic E-state index is 11.4. The van der Waals surface area contributed by atoms with Crippen LogP contribution in [0.5, 0.6) is 0 Å². The molecule has 3 aromatic heterocycles. The maximum Gasteiger partial charge on any atom is 0.180 e. The zero-order valence-electron chi connectivity index (χ0n) is 11.5. The highest BCUT2D eigenvalue weighted by atomic mass is 32.1. The lowest BCUT2D eigenvalue weighted by Gasteiger charge is -2.05. The van der Waals surface area contributed by atoms with Gasteiger partial charge in [0, 0.05) is 29.4 Å². The van der Waals surface area contributed by atoms with Gasteiger partial charge in [-0.05, 0) is 25.8 Å². The Bertz CT molecular complexity index is 831. The van der Waals surface area contributed by atoms with Gasteiger partial charge in [0.2, 0.25) is 0 Å². The first-order valence-corrected chi connectivity index (χ1v) is 7.79. The van der Waals surface area contributed by atoms with Gasteiger partial charge in [-0.1, -0.05) is 0 Å². The molecular weight excluding hydrogens is 284 g/mol. The Kier molecular flexibility index (Phi) is 2.78. The van der Waals surface area contributed by atoms with Gasteiger partial charge in [0.1, 0.15) is 0 Å². The Hall–Kier alpha value is -2.21. The Morgan fingerprint density at radius 3 is 3.00 bits per heavy atom. The van der Waals surface area contributed by atoms with Crippen LogP contribution in [0.15, 0.2) is 30.0 Å². The number of carbonyl (C=O) groups is 1. The molecule has 0 saturated heterocycles. The summed E-state index contributed by atoms with van der Waals surface area (Å²) in [4.78, 5) is 21.1. The molecule has 3 aromatic rings. The number of hydrogen-bond acceptors (Lipinski definition) is 5. The minimum Gasteiger partial charge on any atom is -0.364 e. The highest BCUT2D eigenvalue weighted by Crippen LogP contribution is 2.30. The second-order valence-electron chi connectivity index (χ2n) is 5.29. The van der Waals surface area contributed by atoms with Gasteiger partial charge in [-0.15, -0.1) is 11.3 Å². The number of nitrogens with one attached hydrogen (secondary N) is 1. The smallest absolute Gasteiger partial charge is 0.180 e. The molecule has 1 N–H and O–H groups in total. The molecule has 6 heteroatoms. The second kappa shape index (κ2) is 4.66. The van der Waals surface area contributed by atoms with Gasteiger partial charge in [0.25, 0.3) is 0 Å². The third kappa shape index (κ3) is 2.21. The maximum atomic E-state index is 11.4. The van der Waals surface area contributed by atoms with Gasteiger partial charge in [-0.2, -0.15) is 0 Å². The number of nitrogens with zero attached hydrogens (tertiary/aromatic N) is 3. The summed E-state index contributed by atoms with van der Waals surface area (Å²) in [6, 6.07) is 2.46. The molecule has 21 heavy (non-hydrogen) atoms. The number of ketones is 1. The second-order valence-corrected chi connectivity index (χ2v) is 6.20. The van der Waals surface area contributed by atoms with Crippen LogP contribution in [0.25, 0.3) is 16.9 Å². The van der Waals surface area contributed by atoms with Crippen LogP contribution in [-0.4, -0.2) is 26.2 Å². The molecule has 106 valence electrons. The van der Waals surface area contributed by atoms with E-state index in [-0.39, 0.29) is 5.78 Å². The van der Waals surface area contributed by atoms with Crippen molar-refractivity contribution in [2.75, 3.05) is 5.32 Å². The highest BCUT2D eigenvalue weighted by Gasteiger charge is 2.23. The lowest BCUT2D eigenvalue weighted by Crippen LogP contribution is -2.05. The molecule has 5 nitrogen and oxygen atoms in total. The Balaban J connectivity index is 1.79. The number of rotatable bonds is 4. The van der Waals surface area contributed by atoms with Crippen LogP contribution >= 0.6 is 11.3 Å². The third-order valence-electron chi connectivity index (χ3n) is 3.59. The molecule has 1 fully saturated rings. The van der Waals surface area contributed by atoms with E-state index in [1.807, 2.05) is 28.2 Å². The van der Waals surface area contributed by atoms with Crippen molar-refractivity contribution in [3.8, 4) is 11.3 Å². The van der Waals surface area contributed by atoms with E-state index in [9.17, 15) is 4.79 Å². The Labute approximate surface area is 125 Å². The SMILES string of the molecule is CC(=O)c1cc(-c2cnc3c(NC4CC4)nccn23)cs1. The normalized spacial score (nSPS) is 14.5. The standard InChI is InChI=1S/C15H14N4OS/c1-9(20)13-6-10(8-21-13)12-7-17-15-14(18-11-2-3-11)16-4-5-19(12)15/h4-8,11H,2-3H2,1H3,(H,16,18). The van der Waals surface area contributed by atoms with Gasteiger partial charge < -0.3 is 5.32 Å². The molecule has 0 aliphatic heterocycles. The van der Waals surface area contributed by atoms with Crippen LogP contribution < -0.4 is 5.32 Å². The Morgan fingerprint density at radius 1 is 1.43 bits per heavy atom. The van der Waals surface area contributed by atoms with Crippen LogP contribution in [-0.2, 0) is 0 Å².